The monoisotopic (exact) mass is 441 g/mol. The number of carbonyl (C=O) groups is 1. The molecule has 0 spiro atoms. The number of nitrogens with one attached hydrogen (secondary N) is 1. The molecule has 0 bridgehead atoms. The van der Waals surface area contributed by atoms with Crippen LogP contribution < -0.4 is 10.1 Å². The Labute approximate surface area is 189 Å². The fraction of sp³-hybridized carbons (Fsp3) is 0.480. The molecule has 2 aromatic rings. The van der Waals surface area contributed by atoms with Crippen LogP contribution in [-0.2, 0) is 11.2 Å². The zero-order valence-corrected chi connectivity index (χ0v) is 18.6. The van der Waals surface area contributed by atoms with Crippen LogP contribution in [0.15, 0.2) is 48.5 Å². The minimum Gasteiger partial charge on any atom is -0.497 e. The number of hydrogen-bond acceptors (Lipinski definition) is 4. The van der Waals surface area contributed by atoms with Gasteiger partial charge in [0.1, 0.15) is 11.6 Å². The normalized spacial score (nSPS) is 20.2. The van der Waals surface area contributed by atoms with Crippen molar-refractivity contribution in [2.75, 3.05) is 51.8 Å². The highest BCUT2D eigenvalue weighted by atomic mass is 19.1. The van der Waals surface area contributed by atoms with E-state index in [2.05, 4.69) is 10.2 Å². The van der Waals surface area contributed by atoms with E-state index in [1.807, 2.05) is 41.3 Å². The molecular weight excluding hydrogens is 409 g/mol. The number of likely N-dealkylation sites (tertiary alicyclic amines) is 1. The number of morpholine rings is 1. The summed E-state index contributed by atoms with van der Waals surface area (Å²) in [5, 5.41) is 2.96. The third-order valence-corrected chi connectivity index (χ3v) is 6.35. The molecule has 0 unspecified atom stereocenters. The molecule has 4 rings (SSSR count). The lowest BCUT2D eigenvalue weighted by Crippen LogP contribution is -2.51. The van der Waals surface area contributed by atoms with Gasteiger partial charge in [-0.25, -0.2) is 9.18 Å². The molecule has 1 N–H and O–H groups in total. The van der Waals surface area contributed by atoms with Crippen molar-refractivity contribution >= 4 is 11.7 Å². The van der Waals surface area contributed by atoms with Gasteiger partial charge in [0.25, 0.3) is 0 Å². The molecule has 2 heterocycles. The minimum absolute atomic E-state index is 0.0217. The summed E-state index contributed by atoms with van der Waals surface area (Å²) in [6, 6.07) is 14.1. The number of ether oxygens (including phenoxy) is 2. The quantitative estimate of drug-likeness (QED) is 0.736. The molecule has 2 aromatic carbocycles. The first-order valence-electron chi connectivity index (χ1n) is 11.4. The van der Waals surface area contributed by atoms with Crippen LogP contribution >= 0.6 is 0 Å². The molecule has 172 valence electrons. The predicted molar refractivity (Wildman–Crippen MR) is 123 cm³/mol. The number of anilines is 1. The summed E-state index contributed by atoms with van der Waals surface area (Å²) in [6.07, 6.45) is 3.29. The highest BCUT2D eigenvalue weighted by Gasteiger charge is 2.28. The summed E-state index contributed by atoms with van der Waals surface area (Å²) >= 11 is 0. The lowest BCUT2D eigenvalue weighted by Gasteiger charge is -2.38. The smallest absolute Gasteiger partial charge is 0.322 e. The van der Waals surface area contributed by atoms with Gasteiger partial charge in [0.2, 0.25) is 0 Å². The van der Waals surface area contributed by atoms with Crippen molar-refractivity contribution in [2.45, 2.75) is 25.4 Å². The lowest BCUT2D eigenvalue weighted by molar-refractivity contribution is -0.0329. The number of amides is 2. The highest BCUT2D eigenvalue weighted by molar-refractivity contribution is 5.89. The largest absolute Gasteiger partial charge is 0.497 e. The topological polar surface area (TPSA) is 54.0 Å². The summed E-state index contributed by atoms with van der Waals surface area (Å²) in [4.78, 5) is 17.0. The average Bonchev–Trinajstić information content (AvgIpc) is 2.82. The number of benzene rings is 2. The number of piperidine rings is 1. The second-order valence-electron chi connectivity index (χ2n) is 8.68. The van der Waals surface area contributed by atoms with Gasteiger partial charge in [0.15, 0.2) is 0 Å². The van der Waals surface area contributed by atoms with Gasteiger partial charge < -0.3 is 24.6 Å². The Hall–Kier alpha value is -2.64. The van der Waals surface area contributed by atoms with E-state index in [-0.39, 0.29) is 18.0 Å². The van der Waals surface area contributed by atoms with Crippen LogP contribution in [0.3, 0.4) is 0 Å². The summed E-state index contributed by atoms with van der Waals surface area (Å²) < 4.78 is 24.3. The number of halogens is 1. The summed E-state index contributed by atoms with van der Waals surface area (Å²) in [5.41, 5.74) is 1.93. The molecule has 2 aliphatic heterocycles. The van der Waals surface area contributed by atoms with E-state index in [1.54, 1.807) is 19.2 Å². The Bertz CT molecular complexity index is 884. The van der Waals surface area contributed by atoms with Crippen molar-refractivity contribution in [1.82, 2.24) is 9.80 Å². The van der Waals surface area contributed by atoms with Gasteiger partial charge in [-0.15, -0.1) is 0 Å². The summed E-state index contributed by atoms with van der Waals surface area (Å²) in [6.45, 7) is 4.63. The van der Waals surface area contributed by atoms with Crippen molar-refractivity contribution in [1.29, 1.82) is 0 Å². The molecule has 2 saturated heterocycles. The molecule has 2 amide bonds. The number of nitrogens with zero attached hydrogens (tertiary/aromatic N) is 2. The van der Waals surface area contributed by atoms with Gasteiger partial charge in [-0.1, -0.05) is 18.2 Å². The molecular formula is C25H32FN3O3. The van der Waals surface area contributed by atoms with E-state index in [1.165, 1.54) is 5.56 Å². The number of methoxy groups -OCH3 is 1. The van der Waals surface area contributed by atoms with Gasteiger partial charge in [-0.3, -0.25) is 0 Å². The number of rotatable bonds is 6. The van der Waals surface area contributed by atoms with E-state index in [0.717, 1.165) is 44.6 Å². The molecule has 0 saturated carbocycles. The van der Waals surface area contributed by atoms with Gasteiger partial charge in [0, 0.05) is 31.4 Å². The zero-order valence-electron chi connectivity index (χ0n) is 18.6. The first-order valence-corrected chi connectivity index (χ1v) is 11.4. The van der Waals surface area contributed by atoms with Crippen LogP contribution in [0.4, 0.5) is 14.9 Å². The van der Waals surface area contributed by atoms with Crippen LogP contribution in [-0.4, -0.2) is 68.4 Å². The Balaban J connectivity index is 1.22. The van der Waals surface area contributed by atoms with Crippen LogP contribution in [0, 0.1) is 11.7 Å². The van der Waals surface area contributed by atoms with Crippen LogP contribution in [0.1, 0.15) is 18.4 Å². The van der Waals surface area contributed by atoms with Crippen molar-refractivity contribution in [3.63, 3.8) is 0 Å². The molecule has 32 heavy (non-hydrogen) atoms. The fourth-order valence-electron chi connectivity index (χ4n) is 4.53. The molecule has 0 aromatic heterocycles. The molecule has 6 nitrogen and oxygen atoms in total. The van der Waals surface area contributed by atoms with Gasteiger partial charge in [-0.05, 0) is 68.1 Å². The SMILES string of the molecule is COc1cccc(NC(=O)N2CCO[C@H](CN3CCC(Cc4ccc(F)cc4)CC3)C2)c1. The number of urea groups is 1. The fourth-order valence-corrected chi connectivity index (χ4v) is 4.53. The van der Waals surface area contributed by atoms with E-state index in [4.69, 9.17) is 9.47 Å². The maximum atomic E-state index is 13.1. The van der Waals surface area contributed by atoms with Crippen LogP contribution in [0.2, 0.25) is 0 Å². The van der Waals surface area contributed by atoms with E-state index < -0.39 is 0 Å². The van der Waals surface area contributed by atoms with Crippen molar-refractivity contribution in [2.24, 2.45) is 5.92 Å². The maximum Gasteiger partial charge on any atom is 0.322 e. The molecule has 7 heteroatoms. The molecule has 0 radical (unpaired) electrons. The Morgan fingerprint density at radius 2 is 1.94 bits per heavy atom. The Morgan fingerprint density at radius 3 is 2.69 bits per heavy atom. The van der Waals surface area contributed by atoms with Gasteiger partial charge in [0.05, 0.1) is 19.8 Å². The van der Waals surface area contributed by atoms with E-state index in [9.17, 15) is 9.18 Å². The third-order valence-electron chi connectivity index (χ3n) is 6.35. The maximum absolute atomic E-state index is 13.1. The molecule has 0 aliphatic carbocycles. The second-order valence-corrected chi connectivity index (χ2v) is 8.68. The first-order chi connectivity index (χ1) is 15.6. The predicted octanol–water partition coefficient (Wildman–Crippen LogP) is 4.02. The zero-order chi connectivity index (χ0) is 22.3. The minimum atomic E-state index is -0.178. The van der Waals surface area contributed by atoms with Gasteiger partial charge >= 0.3 is 6.03 Å². The average molecular weight is 442 g/mol. The van der Waals surface area contributed by atoms with E-state index in [0.29, 0.717) is 31.4 Å². The lowest BCUT2D eigenvalue weighted by atomic mass is 9.90. The number of hydrogen-bond donors (Lipinski definition) is 1. The third kappa shape index (κ3) is 6.20. The Morgan fingerprint density at radius 1 is 1.16 bits per heavy atom. The van der Waals surface area contributed by atoms with Crippen molar-refractivity contribution in [3.05, 3.63) is 59.9 Å². The first kappa shape index (κ1) is 22.6. The molecule has 2 aliphatic rings. The summed E-state index contributed by atoms with van der Waals surface area (Å²) in [5.74, 6) is 1.17. The number of carbonyl (C=O) groups excluding carboxylic acids is 1. The molecule has 2 fully saturated rings. The van der Waals surface area contributed by atoms with E-state index >= 15 is 0 Å². The van der Waals surface area contributed by atoms with Crippen molar-refractivity contribution < 1.29 is 18.7 Å². The Kier molecular flexibility index (Phi) is 7.60. The molecule has 1 atom stereocenters. The van der Waals surface area contributed by atoms with Crippen molar-refractivity contribution in [3.8, 4) is 5.75 Å². The summed E-state index contributed by atoms with van der Waals surface area (Å²) in [7, 11) is 1.61. The highest BCUT2D eigenvalue weighted by Crippen LogP contribution is 2.23. The van der Waals surface area contributed by atoms with Crippen LogP contribution in [0.25, 0.3) is 0 Å². The van der Waals surface area contributed by atoms with Gasteiger partial charge in [-0.2, -0.15) is 0 Å². The standard InChI is InChI=1S/C25H32FN3O3/c1-31-23-4-2-3-22(16-23)27-25(30)29-13-14-32-24(18-29)17-28-11-9-20(10-12-28)15-19-5-7-21(26)8-6-19/h2-8,16,20,24H,9-15,17-18H2,1H3,(H,27,30)/t24-/m1/s1. The second kappa shape index (κ2) is 10.8. The van der Waals surface area contributed by atoms with Crippen LogP contribution in [0.5, 0.6) is 5.75 Å².